The molecule has 14 heteroatoms. The molecule has 5 nitrogen and oxygen atoms in total. The molecule has 0 bridgehead atoms. The molecule has 0 aliphatic carbocycles. The predicted molar refractivity (Wildman–Crippen MR) is 91.7 cm³/mol. The van der Waals surface area contributed by atoms with Crippen LogP contribution >= 0.6 is 45.2 Å². The molecule has 1 aromatic rings. The highest BCUT2D eigenvalue weighted by molar-refractivity contribution is 14.1. The number of halogens is 9. The smallest absolute Gasteiger partial charge is 0.462 e. The topological polar surface area (TPSA) is 70.9 Å². The highest BCUT2D eigenvalue weighted by Crippen LogP contribution is 2.45. The minimum absolute atomic E-state index is 0.0695. The van der Waals surface area contributed by atoms with E-state index < -0.39 is 30.7 Å². The van der Waals surface area contributed by atoms with E-state index >= 15 is 0 Å². The molecular weight excluding hydrogens is 607 g/mol. The third kappa shape index (κ3) is 5.46. The Balaban J connectivity index is 2.94. The summed E-state index contributed by atoms with van der Waals surface area (Å²) in [5.41, 5.74) is 0.570. The second kappa shape index (κ2) is 8.30. The molecular formula is C12H7F7I2N2O3. The van der Waals surface area contributed by atoms with Gasteiger partial charge in [0.15, 0.2) is 6.61 Å². The summed E-state index contributed by atoms with van der Waals surface area (Å²) in [7, 11) is 0. The van der Waals surface area contributed by atoms with Crippen LogP contribution in [0.15, 0.2) is 17.2 Å². The van der Waals surface area contributed by atoms with Gasteiger partial charge in [0.05, 0.1) is 13.4 Å². The lowest BCUT2D eigenvalue weighted by Crippen LogP contribution is -2.58. The van der Waals surface area contributed by atoms with E-state index in [9.17, 15) is 35.5 Å². The van der Waals surface area contributed by atoms with Crippen LogP contribution in [-0.2, 0) is 4.79 Å². The van der Waals surface area contributed by atoms with Crippen molar-refractivity contribution in [1.29, 1.82) is 0 Å². The molecule has 0 unspecified atom stereocenters. The Hall–Kier alpha value is -1.07. The summed E-state index contributed by atoms with van der Waals surface area (Å²) in [6, 6.07) is -3.12. The monoisotopic (exact) mass is 614 g/mol. The SMILES string of the molecule is O=C(O)COc1c(I)cc(/C=N/NC(F)(F)C(F)(F)C(F)(F)F)cc1I. The first-order valence-electron chi connectivity index (χ1n) is 6.15. The first-order valence-corrected chi connectivity index (χ1v) is 8.31. The summed E-state index contributed by atoms with van der Waals surface area (Å²) in [5, 5.41) is 11.3. The minimum Gasteiger partial charge on any atom is -0.480 e. The number of carbonyl (C=O) groups is 1. The summed E-state index contributed by atoms with van der Waals surface area (Å²) >= 11 is 3.46. The van der Waals surface area contributed by atoms with E-state index in [1.165, 1.54) is 12.1 Å². The summed E-state index contributed by atoms with van der Waals surface area (Å²) < 4.78 is 93.0. The molecule has 0 radical (unpaired) electrons. The molecule has 1 rings (SSSR count). The molecule has 0 amide bonds. The van der Waals surface area contributed by atoms with Crippen LogP contribution < -0.4 is 10.2 Å². The minimum atomic E-state index is -6.47. The molecule has 0 aliphatic rings. The van der Waals surface area contributed by atoms with E-state index in [2.05, 4.69) is 5.10 Å². The van der Waals surface area contributed by atoms with Crippen molar-refractivity contribution in [2.45, 2.75) is 18.1 Å². The van der Waals surface area contributed by atoms with Gasteiger partial charge in [0, 0.05) is 0 Å². The van der Waals surface area contributed by atoms with E-state index in [0.717, 1.165) is 0 Å². The molecule has 0 fully saturated rings. The second-order valence-corrected chi connectivity index (χ2v) is 6.84. The van der Waals surface area contributed by atoms with E-state index in [4.69, 9.17) is 9.84 Å². The van der Waals surface area contributed by atoms with Crippen molar-refractivity contribution in [3.8, 4) is 5.75 Å². The van der Waals surface area contributed by atoms with Crippen molar-refractivity contribution < 1.29 is 45.4 Å². The summed E-state index contributed by atoms with van der Waals surface area (Å²) in [6.07, 6.45) is -5.86. The molecule has 0 saturated heterocycles. The van der Waals surface area contributed by atoms with Gasteiger partial charge in [0.1, 0.15) is 5.75 Å². The van der Waals surface area contributed by atoms with Crippen molar-refractivity contribution in [1.82, 2.24) is 5.43 Å². The fourth-order valence-electron chi connectivity index (χ4n) is 1.36. The van der Waals surface area contributed by atoms with Crippen molar-refractivity contribution >= 4 is 57.4 Å². The zero-order valence-corrected chi connectivity index (χ0v) is 16.4. The van der Waals surface area contributed by atoms with Gasteiger partial charge in [-0.15, -0.1) is 0 Å². The number of benzene rings is 1. The number of carboxylic acids is 1. The van der Waals surface area contributed by atoms with Crippen LogP contribution in [0.5, 0.6) is 5.75 Å². The van der Waals surface area contributed by atoms with Crippen LogP contribution in [-0.4, -0.2) is 42.0 Å². The number of hydrogen-bond acceptors (Lipinski definition) is 4. The molecule has 146 valence electrons. The van der Waals surface area contributed by atoms with E-state index in [-0.39, 0.29) is 11.3 Å². The van der Waals surface area contributed by atoms with Crippen LogP contribution in [0.2, 0.25) is 0 Å². The number of nitrogens with zero attached hydrogens (tertiary/aromatic N) is 1. The Labute approximate surface area is 168 Å². The Morgan fingerprint density at radius 2 is 1.65 bits per heavy atom. The Morgan fingerprint density at radius 3 is 2.08 bits per heavy atom. The zero-order chi connectivity index (χ0) is 20.3. The van der Waals surface area contributed by atoms with Crippen LogP contribution in [0.25, 0.3) is 0 Å². The van der Waals surface area contributed by atoms with Crippen LogP contribution in [0.1, 0.15) is 5.56 Å². The zero-order valence-electron chi connectivity index (χ0n) is 12.1. The number of carboxylic acid groups (broad SMARTS) is 1. The number of nitrogens with one attached hydrogen (secondary N) is 1. The number of hydrazone groups is 1. The Bertz CT molecular complexity index is 688. The Morgan fingerprint density at radius 1 is 1.15 bits per heavy atom. The second-order valence-electron chi connectivity index (χ2n) is 4.51. The Kier molecular flexibility index (Phi) is 7.33. The molecule has 2 N–H and O–H groups in total. The van der Waals surface area contributed by atoms with Gasteiger partial charge in [0.25, 0.3) is 0 Å². The number of ether oxygens (including phenoxy) is 1. The molecule has 0 heterocycles. The molecule has 1 aromatic carbocycles. The molecule has 0 aromatic heterocycles. The summed E-state index contributed by atoms with van der Waals surface area (Å²) in [4.78, 5) is 10.5. The third-order valence-electron chi connectivity index (χ3n) is 2.53. The highest BCUT2D eigenvalue weighted by atomic mass is 127. The maximum atomic E-state index is 13.0. The normalized spacial score (nSPS) is 13.1. The lowest BCUT2D eigenvalue weighted by atomic mass is 10.2. The summed E-state index contributed by atoms with van der Waals surface area (Å²) in [5.74, 6) is -7.39. The van der Waals surface area contributed by atoms with E-state index in [0.29, 0.717) is 18.8 Å². The fourth-order valence-corrected chi connectivity index (χ4v) is 3.49. The van der Waals surface area contributed by atoms with Crippen molar-refractivity contribution in [3.63, 3.8) is 0 Å². The quantitative estimate of drug-likeness (QED) is 0.160. The highest BCUT2D eigenvalue weighted by Gasteiger charge is 2.73. The fraction of sp³-hybridized carbons (Fsp3) is 0.333. The predicted octanol–water partition coefficient (Wildman–Crippen LogP) is 4.07. The van der Waals surface area contributed by atoms with E-state index in [1.807, 2.05) is 0 Å². The molecule has 0 saturated carbocycles. The van der Waals surface area contributed by atoms with Crippen LogP contribution in [0, 0.1) is 7.14 Å². The number of alkyl halides is 7. The maximum absolute atomic E-state index is 13.0. The van der Waals surface area contributed by atoms with Gasteiger partial charge in [-0.1, -0.05) is 0 Å². The lowest BCUT2D eigenvalue weighted by Gasteiger charge is -2.27. The van der Waals surface area contributed by atoms with Crippen molar-refractivity contribution in [3.05, 3.63) is 24.8 Å². The first kappa shape index (κ1) is 23.0. The molecule has 0 spiro atoms. The van der Waals surface area contributed by atoms with Gasteiger partial charge in [-0.05, 0) is 62.9 Å². The molecule has 0 atom stereocenters. The van der Waals surface area contributed by atoms with Gasteiger partial charge in [-0.2, -0.15) is 35.8 Å². The largest absolute Gasteiger partial charge is 0.480 e. The van der Waals surface area contributed by atoms with Gasteiger partial charge < -0.3 is 9.84 Å². The lowest BCUT2D eigenvalue weighted by molar-refractivity contribution is -0.361. The van der Waals surface area contributed by atoms with Crippen molar-refractivity contribution in [2.24, 2.45) is 5.10 Å². The van der Waals surface area contributed by atoms with Crippen LogP contribution in [0.3, 0.4) is 0 Å². The van der Waals surface area contributed by atoms with Gasteiger partial charge in [0.2, 0.25) is 0 Å². The maximum Gasteiger partial charge on any atom is 0.462 e. The standard InChI is InChI=1S/C12H7F7I2N2O3/c13-10(14,11(15,16)17)12(18,19)23-22-3-5-1-6(20)9(7(21)2-5)26-4-8(24)25/h1-3,23H,4H2,(H,24,25)/b22-3+. The van der Waals surface area contributed by atoms with Crippen molar-refractivity contribution in [2.75, 3.05) is 6.61 Å². The van der Waals surface area contributed by atoms with Gasteiger partial charge >= 0.3 is 24.1 Å². The van der Waals surface area contributed by atoms with E-state index in [1.54, 1.807) is 45.2 Å². The molecule has 26 heavy (non-hydrogen) atoms. The first-order chi connectivity index (χ1) is 11.7. The van der Waals surface area contributed by atoms with Gasteiger partial charge in [-0.3, -0.25) is 0 Å². The number of hydrogen-bond donors (Lipinski definition) is 2. The van der Waals surface area contributed by atoms with Crippen LogP contribution in [0.4, 0.5) is 30.7 Å². The number of aliphatic carboxylic acids is 1. The molecule has 0 aliphatic heterocycles. The number of rotatable bonds is 7. The third-order valence-corrected chi connectivity index (χ3v) is 4.13. The summed E-state index contributed by atoms with van der Waals surface area (Å²) in [6.45, 7) is -0.639. The average molecular weight is 614 g/mol. The van der Waals surface area contributed by atoms with Gasteiger partial charge in [-0.25, -0.2) is 10.2 Å². The average Bonchev–Trinajstić information content (AvgIpc) is 2.44.